The van der Waals surface area contributed by atoms with E-state index in [9.17, 15) is 4.79 Å². The van der Waals surface area contributed by atoms with Gasteiger partial charge >= 0.3 is 0 Å². The van der Waals surface area contributed by atoms with Gasteiger partial charge in [0.05, 0.1) is 11.0 Å². The number of benzene rings is 1. The molecule has 2 aromatic rings. The molecule has 92 valence electrons. The maximum absolute atomic E-state index is 11.6. The van der Waals surface area contributed by atoms with Gasteiger partial charge in [0.1, 0.15) is 0 Å². The van der Waals surface area contributed by atoms with E-state index in [2.05, 4.69) is 40.0 Å². The highest BCUT2D eigenvalue weighted by atomic mass is 79.9. The number of pyridine rings is 1. The quantitative estimate of drug-likeness (QED) is 0.635. The lowest BCUT2D eigenvalue weighted by molar-refractivity contribution is 0.102. The number of halogens is 1. The second-order valence-corrected chi connectivity index (χ2v) is 4.81. The van der Waals surface area contributed by atoms with Gasteiger partial charge < -0.3 is 0 Å². The Bertz CT molecular complexity index is 576. The lowest BCUT2D eigenvalue weighted by Crippen LogP contribution is -2.04. The van der Waals surface area contributed by atoms with E-state index in [-0.39, 0.29) is 5.78 Å². The summed E-state index contributed by atoms with van der Waals surface area (Å²) < 4.78 is 0. The highest BCUT2D eigenvalue weighted by molar-refractivity contribution is 9.09. The van der Waals surface area contributed by atoms with Crippen molar-refractivity contribution < 1.29 is 4.79 Å². The molecule has 0 aliphatic rings. The Kier molecular flexibility index (Phi) is 3.92. The van der Waals surface area contributed by atoms with Crippen molar-refractivity contribution in [3.05, 3.63) is 53.2 Å². The molecule has 2 nitrogen and oxygen atoms in total. The number of alkyl halides is 1. The molecule has 1 aromatic carbocycles. The smallest absolute Gasteiger partial charge is 0.175 e. The number of hydrogen-bond acceptors (Lipinski definition) is 2. The first-order valence-electron chi connectivity index (χ1n) is 5.75. The van der Waals surface area contributed by atoms with E-state index in [1.807, 2.05) is 31.2 Å². The zero-order chi connectivity index (χ0) is 13.1. The van der Waals surface area contributed by atoms with Gasteiger partial charge in [-0.25, -0.2) is 0 Å². The van der Waals surface area contributed by atoms with Crippen molar-refractivity contribution in [2.24, 2.45) is 0 Å². The van der Waals surface area contributed by atoms with E-state index < -0.39 is 0 Å². The van der Waals surface area contributed by atoms with Gasteiger partial charge in [-0.15, -0.1) is 0 Å². The number of Topliss-reactive ketones (excluding diaryl/α,β-unsaturated/α-hetero) is 1. The third kappa shape index (κ3) is 2.67. The second-order valence-electron chi connectivity index (χ2n) is 4.25. The standard InChI is InChI=1S/C15H14BrNO/c1-10-3-5-12(6-4-10)14-8-7-13(11(2)17-14)15(18)9-16/h3-8H,9H2,1-2H3. The van der Waals surface area contributed by atoms with Crippen molar-refractivity contribution in [3.63, 3.8) is 0 Å². The van der Waals surface area contributed by atoms with Crippen LogP contribution in [0.4, 0.5) is 0 Å². The van der Waals surface area contributed by atoms with Gasteiger partial charge in [0, 0.05) is 16.8 Å². The molecule has 0 bridgehead atoms. The molecule has 0 aliphatic carbocycles. The van der Waals surface area contributed by atoms with Gasteiger partial charge in [-0.3, -0.25) is 9.78 Å². The molecular formula is C15H14BrNO. The van der Waals surface area contributed by atoms with Crippen molar-refractivity contribution in [2.75, 3.05) is 5.33 Å². The summed E-state index contributed by atoms with van der Waals surface area (Å²) in [5.74, 6) is 0.0652. The second kappa shape index (κ2) is 5.44. The predicted molar refractivity (Wildman–Crippen MR) is 77.3 cm³/mol. The van der Waals surface area contributed by atoms with Crippen LogP contribution in [0.2, 0.25) is 0 Å². The SMILES string of the molecule is Cc1ccc(-c2ccc(C(=O)CBr)c(C)n2)cc1. The van der Waals surface area contributed by atoms with E-state index in [1.54, 1.807) is 0 Å². The Balaban J connectivity index is 2.40. The summed E-state index contributed by atoms with van der Waals surface area (Å²) in [4.78, 5) is 16.1. The molecule has 0 saturated heterocycles. The highest BCUT2D eigenvalue weighted by Gasteiger charge is 2.09. The van der Waals surface area contributed by atoms with Gasteiger partial charge in [0.2, 0.25) is 0 Å². The normalized spacial score (nSPS) is 10.4. The first-order chi connectivity index (χ1) is 8.61. The maximum atomic E-state index is 11.6. The Labute approximate surface area is 115 Å². The number of nitrogens with zero attached hydrogens (tertiary/aromatic N) is 1. The summed E-state index contributed by atoms with van der Waals surface area (Å²) in [5, 5.41) is 0.333. The molecular weight excluding hydrogens is 290 g/mol. The Morgan fingerprint density at radius 2 is 1.78 bits per heavy atom. The van der Waals surface area contributed by atoms with Crippen LogP contribution in [0.1, 0.15) is 21.6 Å². The van der Waals surface area contributed by atoms with Crippen LogP contribution >= 0.6 is 15.9 Å². The van der Waals surface area contributed by atoms with Gasteiger partial charge in [-0.05, 0) is 26.0 Å². The average molecular weight is 304 g/mol. The molecule has 0 atom stereocenters. The molecule has 0 aliphatic heterocycles. The lowest BCUT2D eigenvalue weighted by atomic mass is 10.1. The van der Waals surface area contributed by atoms with Crippen LogP contribution in [-0.2, 0) is 0 Å². The van der Waals surface area contributed by atoms with Crippen molar-refractivity contribution in [1.82, 2.24) is 4.98 Å². The summed E-state index contributed by atoms with van der Waals surface area (Å²) in [6, 6.07) is 12.0. The maximum Gasteiger partial charge on any atom is 0.175 e. The molecule has 1 aromatic heterocycles. The van der Waals surface area contributed by atoms with Gasteiger partial charge in [0.15, 0.2) is 5.78 Å². The van der Waals surface area contributed by atoms with Gasteiger partial charge in [-0.1, -0.05) is 45.8 Å². The van der Waals surface area contributed by atoms with Gasteiger partial charge in [0.25, 0.3) is 0 Å². The molecule has 0 radical (unpaired) electrons. The molecule has 0 spiro atoms. The Morgan fingerprint density at radius 3 is 2.33 bits per heavy atom. The van der Waals surface area contributed by atoms with Crippen LogP contribution in [0.5, 0.6) is 0 Å². The summed E-state index contributed by atoms with van der Waals surface area (Å²) in [7, 11) is 0. The minimum absolute atomic E-state index is 0.0652. The summed E-state index contributed by atoms with van der Waals surface area (Å²) >= 11 is 3.18. The summed E-state index contributed by atoms with van der Waals surface area (Å²) in [6.07, 6.45) is 0. The van der Waals surface area contributed by atoms with Crippen LogP contribution in [-0.4, -0.2) is 16.1 Å². The van der Waals surface area contributed by atoms with Crippen LogP contribution in [0.25, 0.3) is 11.3 Å². The molecule has 0 N–H and O–H groups in total. The molecule has 2 rings (SSSR count). The highest BCUT2D eigenvalue weighted by Crippen LogP contribution is 2.20. The molecule has 0 saturated carbocycles. The number of aromatic nitrogens is 1. The fraction of sp³-hybridized carbons (Fsp3) is 0.200. The molecule has 0 amide bonds. The van der Waals surface area contributed by atoms with E-state index in [0.717, 1.165) is 17.0 Å². The predicted octanol–water partition coefficient (Wildman–Crippen LogP) is 3.94. The third-order valence-electron chi connectivity index (χ3n) is 2.85. The van der Waals surface area contributed by atoms with E-state index in [1.165, 1.54) is 5.56 Å². The molecule has 3 heteroatoms. The number of carbonyl (C=O) groups excluding carboxylic acids is 1. The zero-order valence-corrected chi connectivity index (χ0v) is 12.0. The number of ketones is 1. The number of aryl methyl sites for hydroxylation is 2. The largest absolute Gasteiger partial charge is 0.293 e. The lowest BCUT2D eigenvalue weighted by Gasteiger charge is -2.06. The van der Waals surface area contributed by atoms with Crippen molar-refractivity contribution >= 4 is 21.7 Å². The average Bonchev–Trinajstić information content (AvgIpc) is 2.38. The third-order valence-corrected chi connectivity index (χ3v) is 3.36. The van der Waals surface area contributed by atoms with Crippen molar-refractivity contribution in [2.45, 2.75) is 13.8 Å². The molecule has 18 heavy (non-hydrogen) atoms. The monoisotopic (exact) mass is 303 g/mol. The number of rotatable bonds is 3. The molecule has 0 fully saturated rings. The minimum Gasteiger partial charge on any atom is -0.293 e. The van der Waals surface area contributed by atoms with E-state index >= 15 is 0 Å². The number of carbonyl (C=O) groups is 1. The van der Waals surface area contributed by atoms with E-state index in [0.29, 0.717) is 10.9 Å². The van der Waals surface area contributed by atoms with Crippen LogP contribution in [0.15, 0.2) is 36.4 Å². The van der Waals surface area contributed by atoms with Crippen molar-refractivity contribution in [1.29, 1.82) is 0 Å². The topological polar surface area (TPSA) is 30.0 Å². The molecule has 1 heterocycles. The van der Waals surface area contributed by atoms with Crippen LogP contribution in [0.3, 0.4) is 0 Å². The Morgan fingerprint density at radius 1 is 1.11 bits per heavy atom. The minimum atomic E-state index is 0.0652. The fourth-order valence-corrected chi connectivity index (χ4v) is 2.11. The van der Waals surface area contributed by atoms with Crippen LogP contribution < -0.4 is 0 Å². The zero-order valence-electron chi connectivity index (χ0n) is 10.4. The Hall–Kier alpha value is -1.48. The number of hydrogen-bond donors (Lipinski definition) is 0. The first kappa shape index (κ1) is 13.0. The van der Waals surface area contributed by atoms with Gasteiger partial charge in [-0.2, -0.15) is 0 Å². The summed E-state index contributed by atoms with van der Waals surface area (Å²) in [5.41, 5.74) is 4.65. The van der Waals surface area contributed by atoms with Crippen LogP contribution in [0, 0.1) is 13.8 Å². The summed E-state index contributed by atoms with van der Waals surface area (Å²) in [6.45, 7) is 3.92. The molecule has 0 unspecified atom stereocenters. The van der Waals surface area contributed by atoms with Crippen molar-refractivity contribution in [3.8, 4) is 11.3 Å². The van der Waals surface area contributed by atoms with E-state index in [4.69, 9.17) is 0 Å². The fourth-order valence-electron chi connectivity index (χ4n) is 1.81. The first-order valence-corrected chi connectivity index (χ1v) is 6.88.